The number of nitrogens with one attached hydrogen (secondary N) is 1. The van der Waals surface area contributed by atoms with Crippen molar-refractivity contribution in [3.05, 3.63) is 23.9 Å². The van der Waals surface area contributed by atoms with Crippen LogP contribution in [0, 0.1) is 0 Å². The van der Waals surface area contributed by atoms with Crippen molar-refractivity contribution in [2.75, 3.05) is 23.8 Å². The first-order chi connectivity index (χ1) is 8.76. The molecule has 0 amide bonds. The number of aromatic nitrogens is 1. The van der Waals surface area contributed by atoms with Crippen LogP contribution in [0.5, 0.6) is 0 Å². The van der Waals surface area contributed by atoms with E-state index in [0.717, 1.165) is 18.7 Å². The van der Waals surface area contributed by atoms with Gasteiger partial charge in [-0.25, -0.2) is 4.98 Å². The summed E-state index contributed by atoms with van der Waals surface area (Å²) >= 11 is 2.03. The number of rotatable bonds is 9. The van der Waals surface area contributed by atoms with Gasteiger partial charge in [-0.2, -0.15) is 11.8 Å². The largest absolute Gasteiger partial charge is 0.384 e. The highest BCUT2D eigenvalue weighted by molar-refractivity contribution is 7.99. The van der Waals surface area contributed by atoms with E-state index in [1.165, 1.54) is 24.2 Å². The molecule has 0 saturated carbocycles. The molecule has 0 radical (unpaired) electrons. The molecule has 4 heteroatoms. The smallest absolute Gasteiger partial charge is 0.123 e. The summed E-state index contributed by atoms with van der Waals surface area (Å²) in [6, 6.07) is 4.57. The van der Waals surface area contributed by atoms with E-state index in [2.05, 4.69) is 30.2 Å². The quantitative estimate of drug-likeness (QED) is 0.676. The van der Waals surface area contributed by atoms with Gasteiger partial charge in [0.25, 0.3) is 0 Å². The molecule has 1 rings (SSSR count). The number of pyridine rings is 1. The van der Waals surface area contributed by atoms with Gasteiger partial charge < -0.3 is 11.1 Å². The zero-order chi connectivity index (χ0) is 13.2. The lowest BCUT2D eigenvalue weighted by molar-refractivity contribution is 0.550. The standard InChI is InChI=1S/C14H25N3S/c1-3-6-16-13(11-18-8-4-2)9-12-5-7-17-14(15)10-12/h5,7,10,13,16H,3-4,6,8-9,11H2,1-2H3,(H2,15,17). The highest BCUT2D eigenvalue weighted by atomic mass is 32.2. The molecule has 0 aliphatic rings. The predicted octanol–water partition coefficient (Wildman–Crippen LogP) is 2.72. The molecule has 0 saturated heterocycles. The third-order valence-corrected chi connectivity index (χ3v) is 4.01. The fourth-order valence-electron chi connectivity index (χ4n) is 1.81. The second-order valence-corrected chi connectivity index (χ2v) is 5.67. The van der Waals surface area contributed by atoms with E-state index in [0.29, 0.717) is 11.9 Å². The van der Waals surface area contributed by atoms with Crippen molar-refractivity contribution in [3.8, 4) is 0 Å². The number of thioether (sulfide) groups is 1. The van der Waals surface area contributed by atoms with E-state index >= 15 is 0 Å². The van der Waals surface area contributed by atoms with Crippen molar-refractivity contribution in [2.24, 2.45) is 0 Å². The number of nitrogen functional groups attached to an aromatic ring is 1. The number of anilines is 1. The maximum atomic E-state index is 5.72. The van der Waals surface area contributed by atoms with Crippen molar-refractivity contribution < 1.29 is 0 Å². The third kappa shape index (κ3) is 6.26. The average molecular weight is 267 g/mol. The van der Waals surface area contributed by atoms with E-state index < -0.39 is 0 Å². The Balaban J connectivity index is 2.48. The minimum atomic E-state index is 0.531. The van der Waals surface area contributed by atoms with Gasteiger partial charge in [0.2, 0.25) is 0 Å². The molecule has 0 aliphatic heterocycles. The molecule has 1 aromatic rings. The van der Waals surface area contributed by atoms with Crippen LogP contribution >= 0.6 is 11.8 Å². The summed E-state index contributed by atoms with van der Waals surface area (Å²) in [5, 5.41) is 3.61. The zero-order valence-electron chi connectivity index (χ0n) is 11.5. The maximum Gasteiger partial charge on any atom is 0.123 e. The fourth-order valence-corrected chi connectivity index (χ4v) is 2.79. The van der Waals surface area contributed by atoms with Crippen LogP contribution in [0.2, 0.25) is 0 Å². The van der Waals surface area contributed by atoms with Crippen LogP contribution in [0.4, 0.5) is 5.82 Å². The molecular formula is C14H25N3S. The lowest BCUT2D eigenvalue weighted by atomic mass is 10.1. The molecule has 3 nitrogen and oxygen atoms in total. The van der Waals surface area contributed by atoms with Crippen LogP contribution in [0.3, 0.4) is 0 Å². The van der Waals surface area contributed by atoms with Crippen molar-refractivity contribution in [1.29, 1.82) is 0 Å². The van der Waals surface area contributed by atoms with E-state index in [1.54, 1.807) is 6.20 Å². The summed E-state index contributed by atoms with van der Waals surface area (Å²) in [5.41, 5.74) is 6.99. The van der Waals surface area contributed by atoms with Crippen LogP contribution in [0.25, 0.3) is 0 Å². The van der Waals surface area contributed by atoms with Gasteiger partial charge in [-0.15, -0.1) is 0 Å². The molecule has 0 aromatic carbocycles. The second kappa shape index (κ2) is 9.22. The van der Waals surface area contributed by atoms with E-state index in [4.69, 9.17) is 5.73 Å². The van der Waals surface area contributed by atoms with Crippen LogP contribution < -0.4 is 11.1 Å². The van der Waals surface area contributed by atoms with Crippen LogP contribution in [-0.4, -0.2) is 29.1 Å². The molecule has 0 spiro atoms. The Morgan fingerprint density at radius 2 is 2.22 bits per heavy atom. The summed E-state index contributed by atoms with van der Waals surface area (Å²) in [6.45, 7) is 5.51. The number of nitrogens with zero attached hydrogens (tertiary/aromatic N) is 1. The molecule has 3 N–H and O–H groups in total. The van der Waals surface area contributed by atoms with Crippen molar-refractivity contribution in [1.82, 2.24) is 10.3 Å². The van der Waals surface area contributed by atoms with E-state index in [1.807, 2.05) is 17.8 Å². The Kier molecular flexibility index (Phi) is 7.85. The summed E-state index contributed by atoms with van der Waals surface area (Å²) in [7, 11) is 0. The summed E-state index contributed by atoms with van der Waals surface area (Å²) in [4.78, 5) is 4.04. The zero-order valence-corrected chi connectivity index (χ0v) is 12.3. The first kappa shape index (κ1) is 15.3. The Morgan fingerprint density at radius 1 is 1.39 bits per heavy atom. The van der Waals surface area contributed by atoms with Crippen LogP contribution in [0.1, 0.15) is 32.3 Å². The summed E-state index contributed by atoms with van der Waals surface area (Å²) < 4.78 is 0. The SMILES string of the molecule is CCCNC(CSCCC)Cc1ccnc(N)c1. The summed E-state index contributed by atoms with van der Waals surface area (Å²) in [5.74, 6) is 3.02. The topological polar surface area (TPSA) is 50.9 Å². The lowest BCUT2D eigenvalue weighted by Crippen LogP contribution is -2.34. The van der Waals surface area contributed by atoms with Gasteiger partial charge in [-0.05, 0) is 49.3 Å². The Bertz CT molecular complexity index is 331. The normalized spacial score (nSPS) is 12.6. The Labute approximate surface area is 115 Å². The molecule has 1 heterocycles. The highest BCUT2D eigenvalue weighted by Crippen LogP contribution is 2.11. The maximum absolute atomic E-state index is 5.72. The number of hydrogen-bond donors (Lipinski definition) is 2. The summed E-state index contributed by atoms with van der Waals surface area (Å²) in [6.07, 6.45) is 5.24. The van der Waals surface area contributed by atoms with Crippen molar-refractivity contribution in [3.63, 3.8) is 0 Å². The average Bonchev–Trinajstić information content (AvgIpc) is 2.36. The molecule has 0 bridgehead atoms. The van der Waals surface area contributed by atoms with Gasteiger partial charge in [-0.3, -0.25) is 0 Å². The molecule has 1 unspecified atom stereocenters. The first-order valence-corrected chi connectivity index (χ1v) is 7.93. The number of hydrogen-bond acceptors (Lipinski definition) is 4. The third-order valence-electron chi connectivity index (χ3n) is 2.68. The van der Waals surface area contributed by atoms with Gasteiger partial charge in [0, 0.05) is 18.0 Å². The fraction of sp³-hybridized carbons (Fsp3) is 0.643. The Hall–Kier alpha value is -0.740. The second-order valence-electron chi connectivity index (χ2n) is 4.52. The van der Waals surface area contributed by atoms with Crippen molar-refractivity contribution in [2.45, 2.75) is 39.2 Å². The van der Waals surface area contributed by atoms with Gasteiger partial charge in [0.1, 0.15) is 5.82 Å². The number of nitrogens with two attached hydrogens (primary N) is 1. The molecule has 18 heavy (non-hydrogen) atoms. The van der Waals surface area contributed by atoms with Crippen LogP contribution in [0.15, 0.2) is 18.3 Å². The monoisotopic (exact) mass is 267 g/mol. The molecular weight excluding hydrogens is 242 g/mol. The van der Waals surface area contributed by atoms with Gasteiger partial charge in [-0.1, -0.05) is 13.8 Å². The van der Waals surface area contributed by atoms with E-state index in [9.17, 15) is 0 Å². The lowest BCUT2D eigenvalue weighted by Gasteiger charge is -2.18. The molecule has 0 aliphatic carbocycles. The van der Waals surface area contributed by atoms with Gasteiger partial charge in [0.15, 0.2) is 0 Å². The molecule has 1 atom stereocenters. The highest BCUT2D eigenvalue weighted by Gasteiger charge is 2.09. The van der Waals surface area contributed by atoms with E-state index in [-0.39, 0.29) is 0 Å². The van der Waals surface area contributed by atoms with Crippen LogP contribution in [-0.2, 0) is 6.42 Å². The molecule has 1 aromatic heterocycles. The minimum absolute atomic E-state index is 0.531. The van der Waals surface area contributed by atoms with Crippen molar-refractivity contribution >= 4 is 17.6 Å². The predicted molar refractivity (Wildman–Crippen MR) is 82.1 cm³/mol. The molecule has 0 fully saturated rings. The minimum Gasteiger partial charge on any atom is -0.384 e. The molecule has 102 valence electrons. The Morgan fingerprint density at radius 3 is 2.89 bits per heavy atom. The first-order valence-electron chi connectivity index (χ1n) is 6.77. The van der Waals surface area contributed by atoms with Gasteiger partial charge >= 0.3 is 0 Å². The van der Waals surface area contributed by atoms with Gasteiger partial charge in [0.05, 0.1) is 0 Å².